The minimum Gasteiger partial charge on any atom is -0.480 e. The van der Waals surface area contributed by atoms with Gasteiger partial charge in [0.1, 0.15) is 18.1 Å². The molecule has 1 saturated heterocycles. The average molecular weight is 442 g/mol. The van der Waals surface area contributed by atoms with Gasteiger partial charge in [-0.25, -0.2) is 4.79 Å². The molecule has 0 aromatic heterocycles. The quantitative estimate of drug-likeness (QED) is 0.109. The molecule has 12 heteroatoms. The molecule has 1 aliphatic heterocycles. The summed E-state index contributed by atoms with van der Waals surface area (Å²) in [5.74, 6) is -2.49. The smallest absolute Gasteiger partial charge is 0.326 e. The highest BCUT2D eigenvalue weighted by Crippen LogP contribution is 2.20. The zero-order chi connectivity index (χ0) is 23.4. The molecule has 0 radical (unpaired) electrons. The molecule has 176 valence electrons. The maximum absolute atomic E-state index is 13.1. The van der Waals surface area contributed by atoms with Crippen molar-refractivity contribution in [3.8, 4) is 0 Å². The maximum Gasteiger partial charge on any atom is 0.326 e. The monoisotopic (exact) mass is 441 g/mol. The molecule has 3 amide bonds. The molecule has 0 spiro atoms. The fourth-order valence-corrected chi connectivity index (χ4v) is 3.53. The Morgan fingerprint density at radius 3 is 2.35 bits per heavy atom. The van der Waals surface area contributed by atoms with Gasteiger partial charge >= 0.3 is 5.97 Å². The highest BCUT2D eigenvalue weighted by molar-refractivity contribution is 5.93. The summed E-state index contributed by atoms with van der Waals surface area (Å²) >= 11 is 0. The summed E-state index contributed by atoms with van der Waals surface area (Å²) in [4.78, 5) is 54.1. The van der Waals surface area contributed by atoms with Crippen LogP contribution >= 0.6 is 0 Å². The number of aliphatic imine (C=N–C) groups is 1. The number of rotatable bonds is 13. The van der Waals surface area contributed by atoms with E-state index in [-0.39, 0.29) is 24.8 Å². The van der Waals surface area contributed by atoms with Gasteiger partial charge in [0.2, 0.25) is 17.7 Å². The SMILES string of the molecule is CC(=O)N[C@@H](CCCCN)C(=O)N[C@@H](CCCN=C(N)N)C(=O)N1CCC[C@H]1C(=O)O. The Kier molecular flexibility index (Phi) is 11.3. The highest BCUT2D eigenvalue weighted by Gasteiger charge is 2.38. The first-order chi connectivity index (χ1) is 14.7. The van der Waals surface area contributed by atoms with Crippen LogP contribution in [0.5, 0.6) is 0 Å². The van der Waals surface area contributed by atoms with Crippen LogP contribution in [0.2, 0.25) is 0 Å². The molecule has 1 fully saturated rings. The van der Waals surface area contributed by atoms with Gasteiger partial charge in [0.15, 0.2) is 5.96 Å². The Hall–Kier alpha value is -2.89. The summed E-state index contributed by atoms with van der Waals surface area (Å²) in [6.45, 7) is 2.34. The summed E-state index contributed by atoms with van der Waals surface area (Å²) in [5.41, 5.74) is 16.1. The summed E-state index contributed by atoms with van der Waals surface area (Å²) in [6.07, 6.45) is 3.26. The van der Waals surface area contributed by atoms with E-state index < -0.39 is 35.9 Å². The summed E-state index contributed by atoms with van der Waals surface area (Å²) < 4.78 is 0. The number of aliphatic carboxylic acids is 1. The van der Waals surface area contributed by atoms with E-state index in [1.54, 1.807) is 0 Å². The van der Waals surface area contributed by atoms with Gasteiger partial charge in [0, 0.05) is 20.0 Å². The molecule has 12 nitrogen and oxygen atoms in total. The molecular formula is C19H35N7O5. The number of nitrogens with zero attached hydrogens (tertiary/aromatic N) is 2. The van der Waals surface area contributed by atoms with Crippen LogP contribution in [-0.4, -0.2) is 77.4 Å². The first-order valence-corrected chi connectivity index (χ1v) is 10.5. The van der Waals surface area contributed by atoms with Crippen molar-refractivity contribution in [3.63, 3.8) is 0 Å². The van der Waals surface area contributed by atoms with Crippen LogP contribution in [0.15, 0.2) is 4.99 Å². The second kappa shape index (κ2) is 13.4. The van der Waals surface area contributed by atoms with Crippen molar-refractivity contribution < 1.29 is 24.3 Å². The number of hydrogen-bond donors (Lipinski definition) is 6. The minimum atomic E-state index is -1.07. The fourth-order valence-electron chi connectivity index (χ4n) is 3.53. The average Bonchev–Trinajstić information content (AvgIpc) is 3.18. The van der Waals surface area contributed by atoms with Crippen molar-refractivity contribution in [1.29, 1.82) is 0 Å². The van der Waals surface area contributed by atoms with Crippen molar-refractivity contribution in [2.75, 3.05) is 19.6 Å². The second-order valence-electron chi connectivity index (χ2n) is 7.58. The van der Waals surface area contributed by atoms with Crippen LogP contribution in [0, 0.1) is 0 Å². The molecule has 0 aromatic rings. The predicted molar refractivity (Wildman–Crippen MR) is 115 cm³/mol. The highest BCUT2D eigenvalue weighted by atomic mass is 16.4. The topological polar surface area (TPSA) is 206 Å². The molecule has 31 heavy (non-hydrogen) atoms. The zero-order valence-corrected chi connectivity index (χ0v) is 18.0. The largest absolute Gasteiger partial charge is 0.480 e. The van der Waals surface area contributed by atoms with Gasteiger partial charge in [0.05, 0.1) is 0 Å². The lowest BCUT2D eigenvalue weighted by molar-refractivity contribution is -0.149. The Morgan fingerprint density at radius 1 is 1.10 bits per heavy atom. The third-order valence-electron chi connectivity index (χ3n) is 5.02. The van der Waals surface area contributed by atoms with E-state index in [2.05, 4.69) is 15.6 Å². The summed E-state index contributed by atoms with van der Waals surface area (Å²) in [7, 11) is 0. The first kappa shape index (κ1) is 26.1. The van der Waals surface area contributed by atoms with E-state index in [9.17, 15) is 24.3 Å². The number of amides is 3. The molecule has 3 atom stereocenters. The van der Waals surface area contributed by atoms with Crippen LogP contribution in [0.4, 0.5) is 0 Å². The van der Waals surface area contributed by atoms with Crippen molar-refractivity contribution in [2.24, 2.45) is 22.2 Å². The number of carboxylic acid groups (broad SMARTS) is 1. The number of carboxylic acids is 1. The van der Waals surface area contributed by atoms with Gasteiger partial charge in [0.25, 0.3) is 0 Å². The molecule has 0 aromatic carbocycles. The van der Waals surface area contributed by atoms with Gasteiger partial charge < -0.3 is 37.8 Å². The van der Waals surface area contributed by atoms with Gasteiger partial charge in [-0.2, -0.15) is 0 Å². The van der Waals surface area contributed by atoms with Crippen LogP contribution < -0.4 is 27.8 Å². The second-order valence-corrected chi connectivity index (χ2v) is 7.58. The number of carbonyl (C=O) groups excluding carboxylic acids is 3. The maximum atomic E-state index is 13.1. The fraction of sp³-hybridized carbons (Fsp3) is 0.737. The number of hydrogen-bond acceptors (Lipinski definition) is 6. The molecular weight excluding hydrogens is 406 g/mol. The molecule has 1 aliphatic rings. The van der Waals surface area contributed by atoms with Crippen molar-refractivity contribution in [1.82, 2.24) is 15.5 Å². The molecule has 0 saturated carbocycles. The number of guanidine groups is 1. The Morgan fingerprint density at radius 2 is 1.77 bits per heavy atom. The Balaban J connectivity index is 2.93. The number of carbonyl (C=O) groups is 4. The summed E-state index contributed by atoms with van der Waals surface area (Å²) in [6, 6.07) is -2.68. The van der Waals surface area contributed by atoms with E-state index in [0.717, 1.165) is 0 Å². The third-order valence-corrected chi connectivity index (χ3v) is 5.02. The van der Waals surface area contributed by atoms with E-state index in [1.165, 1.54) is 11.8 Å². The molecule has 9 N–H and O–H groups in total. The predicted octanol–water partition coefficient (Wildman–Crippen LogP) is -1.77. The van der Waals surface area contributed by atoms with E-state index in [1.807, 2.05) is 0 Å². The molecule has 0 aliphatic carbocycles. The Bertz CT molecular complexity index is 666. The van der Waals surface area contributed by atoms with Gasteiger partial charge in [-0.15, -0.1) is 0 Å². The Labute approximate surface area is 182 Å². The molecule has 1 heterocycles. The van der Waals surface area contributed by atoms with E-state index in [0.29, 0.717) is 51.6 Å². The number of likely N-dealkylation sites (tertiary alicyclic amines) is 1. The van der Waals surface area contributed by atoms with E-state index in [4.69, 9.17) is 17.2 Å². The van der Waals surface area contributed by atoms with Crippen molar-refractivity contribution in [2.45, 2.75) is 70.0 Å². The lowest BCUT2D eigenvalue weighted by atomic mass is 10.1. The van der Waals surface area contributed by atoms with Crippen molar-refractivity contribution >= 4 is 29.7 Å². The van der Waals surface area contributed by atoms with Crippen molar-refractivity contribution in [3.05, 3.63) is 0 Å². The standard InChI is InChI=1S/C19H35N7O5/c1-12(27)24-13(6-2-3-9-20)16(28)25-14(7-4-10-23-19(21)22)17(29)26-11-5-8-15(26)18(30)31/h13-15H,2-11,20H2,1H3,(H,24,27)(H,25,28)(H,30,31)(H4,21,22,23)/t13-,14-,15-/m0/s1. The van der Waals surface area contributed by atoms with Crippen LogP contribution in [0.25, 0.3) is 0 Å². The van der Waals surface area contributed by atoms with Crippen LogP contribution in [0.1, 0.15) is 51.9 Å². The van der Waals surface area contributed by atoms with Gasteiger partial charge in [-0.3, -0.25) is 19.4 Å². The van der Waals surface area contributed by atoms with Crippen LogP contribution in [-0.2, 0) is 19.2 Å². The minimum absolute atomic E-state index is 0.0805. The summed E-state index contributed by atoms with van der Waals surface area (Å²) in [5, 5.41) is 14.7. The molecule has 1 rings (SSSR count). The normalized spacial score (nSPS) is 17.5. The lowest BCUT2D eigenvalue weighted by Gasteiger charge is -2.28. The third kappa shape index (κ3) is 9.20. The zero-order valence-electron chi connectivity index (χ0n) is 18.0. The van der Waals surface area contributed by atoms with Gasteiger partial charge in [-0.1, -0.05) is 0 Å². The van der Waals surface area contributed by atoms with E-state index >= 15 is 0 Å². The number of nitrogens with two attached hydrogens (primary N) is 3. The lowest BCUT2D eigenvalue weighted by Crippen LogP contribution is -2.55. The molecule has 0 bridgehead atoms. The molecule has 0 unspecified atom stereocenters. The number of unbranched alkanes of at least 4 members (excludes halogenated alkanes) is 1. The van der Waals surface area contributed by atoms with Crippen LogP contribution in [0.3, 0.4) is 0 Å². The first-order valence-electron chi connectivity index (χ1n) is 10.5. The van der Waals surface area contributed by atoms with Gasteiger partial charge in [-0.05, 0) is 51.5 Å². The number of nitrogens with one attached hydrogen (secondary N) is 2.